The standard InChI is InChI=1S/C19H36O2/c1-3-4-5-6-9-12-15-18(2)16-13-10-7-8-11-14-17-19(20)21/h16H,3-15,17H2,1-2H3,(H,20,21)/b18-16-. The summed E-state index contributed by atoms with van der Waals surface area (Å²) in [6, 6.07) is 0. The molecule has 0 aromatic rings. The van der Waals surface area contributed by atoms with E-state index < -0.39 is 5.97 Å². The Bertz CT molecular complexity index is 269. The predicted octanol–water partition coefficient (Wildman–Crippen LogP) is 6.50. The highest BCUT2D eigenvalue weighted by Crippen LogP contribution is 2.13. The van der Waals surface area contributed by atoms with Crippen LogP contribution in [0.1, 0.15) is 104 Å². The largest absolute Gasteiger partial charge is 0.481 e. The van der Waals surface area contributed by atoms with Gasteiger partial charge in [-0.1, -0.05) is 69.9 Å². The molecule has 0 radical (unpaired) electrons. The van der Waals surface area contributed by atoms with Gasteiger partial charge in [0, 0.05) is 6.42 Å². The first kappa shape index (κ1) is 20.2. The van der Waals surface area contributed by atoms with Crippen molar-refractivity contribution in [2.45, 2.75) is 104 Å². The van der Waals surface area contributed by atoms with E-state index in [1.165, 1.54) is 70.6 Å². The summed E-state index contributed by atoms with van der Waals surface area (Å²) in [4.78, 5) is 10.4. The number of carboxylic acids is 1. The average Bonchev–Trinajstić information content (AvgIpc) is 2.45. The van der Waals surface area contributed by atoms with Gasteiger partial charge in [-0.05, 0) is 39.0 Å². The van der Waals surface area contributed by atoms with Crippen molar-refractivity contribution < 1.29 is 9.90 Å². The fourth-order valence-corrected chi connectivity index (χ4v) is 2.59. The van der Waals surface area contributed by atoms with Gasteiger partial charge in [0.15, 0.2) is 0 Å². The van der Waals surface area contributed by atoms with Gasteiger partial charge >= 0.3 is 5.97 Å². The molecule has 0 amide bonds. The van der Waals surface area contributed by atoms with Gasteiger partial charge in [-0.2, -0.15) is 0 Å². The van der Waals surface area contributed by atoms with Gasteiger partial charge in [-0.25, -0.2) is 0 Å². The van der Waals surface area contributed by atoms with Crippen molar-refractivity contribution in [2.75, 3.05) is 0 Å². The molecule has 0 saturated carbocycles. The number of carboxylic acid groups (broad SMARTS) is 1. The molecular formula is C19H36O2. The molecule has 0 spiro atoms. The van der Waals surface area contributed by atoms with Gasteiger partial charge in [-0.3, -0.25) is 4.79 Å². The smallest absolute Gasteiger partial charge is 0.303 e. The second-order valence-electron chi connectivity index (χ2n) is 6.27. The van der Waals surface area contributed by atoms with E-state index in [0.29, 0.717) is 6.42 Å². The Morgan fingerprint density at radius 2 is 1.33 bits per heavy atom. The highest BCUT2D eigenvalue weighted by atomic mass is 16.4. The molecule has 0 aliphatic carbocycles. The Balaban J connectivity index is 3.29. The molecular weight excluding hydrogens is 260 g/mol. The van der Waals surface area contributed by atoms with Crippen LogP contribution in [0.4, 0.5) is 0 Å². The monoisotopic (exact) mass is 296 g/mol. The van der Waals surface area contributed by atoms with E-state index in [-0.39, 0.29) is 0 Å². The van der Waals surface area contributed by atoms with Crippen molar-refractivity contribution in [3.05, 3.63) is 11.6 Å². The van der Waals surface area contributed by atoms with Gasteiger partial charge in [0.05, 0.1) is 0 Å². The summed E-state index contributed by atoms with van der Waals surface area (Å²) in [5.74, 6) is -0.664. The van der Waals surface area contributed by atoms with Gasteiger partial charge in [0.25, 0.3) is 0 Å². The third-order valence-corrected chi connectivity index (χ3v) is 4.01. The van der Waals surface area contributed by atoms with Gasteiger partial charge in [0.2, 0.25) is 0 Å². The van der Waals surface area contributed by atoms with Crippen molar-refractivity contribution in [2.24, 2.45) is 0 Å². The molecule has 0 fully saturated rings. The first-order valence-corrected chi connectivity index (χ1v) is 9.04. The molecule has 0 heterocycles. The second kappa shape index (κ2) is 15.6. The predicted molar refractivity (Wildman–Crippen MR) is 91.7 cm³/mol. The number of unbranched alkanes of at least 4 members (excludes halogenated alkanes) is 10. The minimum atomic E-state index is -0.664. The molecule has 0 atom stereocenters. The van der Waals surface area contributed by atoms with Crippen molar-refractivity contribution in [3.63, 3.8) is 0 Å². The van der Waals surface area contributed by atoms with E-state index in [0.717, 1.165) is 12.8 Å². The summed E-state index contributed by atoms with van der Waals surface area (Å²) in [7, 11) is 0. The van der Waals surface area contributed by atoms with Gasteiger partial charge < -0.3 is 5.11 Å². The third kappa shape index (κ3) is 17.2. The molecule has 0 unspecified atom stereocenters. The van der Waals surface area contributed by atoms with Gasteiger partial charge in [-0.15, -0.1) is 0 Å². The van der Waals surface area contributed by atoms with Crippen molar-refractivity contribution in [3.8, 4) is 0 Å². The number of hydrogen-bond acceptors (Lipinski definition) is 1. The second-order valence-corrected chi connectivity index (χ2v) is 6.27. The maximum absolute atomic E-state index is 10.4. The number of carbonyl (C=O) groups is 1. The Morgan fingerprint density at radius 1 is 0.810 bits per heavy atom. The van der Waals surface area contributed by atoms with E-state index in [1.807, 2.05) is 0 Å². The highest BCUT2D eigenvalue weighted by Gasteiger charge is 1.96. The zero-order valence-electron chi connectivity index (χ0n) is 14.3. The number of hydrogen-bond donors (Lipinski definition) is 1. The lowest BCUT2D eigenvalue weighted by Gasteiger charge is -2.03. The molecule has 0 aromatic carbocycles. The van der Waals surface area contributed by atoms with E-state index in [2.05, 4.69) is 19.9 Å². The SMILES string of the molecule is CCCCCCCC/C(C)=C\CCCCCCCC(=O)O. The Hall–Kier alpha value is -0.790. The fourth-order valence-electron chi connectivity index (χ4n) is 2.59. The lowest BCUT2D eigenvalue weighted by molar-refractivity contribution is -0.137. The van der Waals surface area contributed by atoms with Crippen LogP contribution in [0.15, 0.2) is 11.6 Å². The number of aliphatic carboxylic acids is 1. The molecule has 0 aromatic heterocycles. The maximum atomic E-state index is 10.4. The van der Waals surface area contributed by atoms with Crippen molar-refractivity contribution in [1.29, 1.82) is 0 Å². The lowest BCUT2D eigenvalue weighted by atomic mass is 10.0. The summed E-state index contributed by atoms with van der Waals surface area (Å²) in [5.41, 5.74) is 1.55. The summed E-state index contributed by atoms with van der Waals surface area (Å²) in [6.07, 6.45) is 19.0. The topological polar surface area (TPSA) is 37.3 Å². The van der Waals surface area contributed by atoms with Crippen LogP contribution in [0.3, 0.4) is 0 Å². The molecule has 0 saturated heterocycles. The quantitative estimate of drug-likeness (QED) is 0.277. The zero-order valence-corrected chi connectivity index (χ0v) is 14.3. The average molecular weight is 296 g/mol. The summed E-state index contributed by atoms with van der Waals surface area (Å²) in [5, 5.41) is 8.54. The minimum Gasteiger partial charge on any atom is -0.481 e. The first-order valence-electron chi connectivity index (χ1n) is 9.04. The third-order valence-electron chi connectivity index (χ3n) is 4.01. The van der Waals surface area contributed by atoms with Crippen LogP contribution >= 0.6 is 0 Å². The van der Waals surface area contributed by atoms with Crippen LogP contribution in [0.2, 0.25) is 0 Å². The van der Waals surface area contributed by atoms with Crippen LogP contribution < -0.4 is 0 Å². The maximum Gasteiger partial charge on any atom is 0.303 e. The number of allylic oxidation sites excluding steroid dienone is 2. The summed E-state index contributed by atoms with van der Waals surface area (Å²) < 4.78 is 0. The molecule has 0 aliphatic heterocycles. The van der Waals surface area contributed by atoms with E-state index in [9.17, 15) is 4.79 Å². The number of rotatable bonds is 15. The molecule has 2 heteroatoms. The first-order chi connectivity index (χ1) is 10.2. The van der Waals surface area contributed by atoms with Crippen molar-refractivity contribution >= 4 is 5.97 Å². The van der Waals surface area contributed by atoms with Crippen LogP contribution in [0, 0.1) is 0 Å². The van der Waals surface area contributed by atoms with E-state index in [4.69, 9.17) is 5.11 Å². The lowest BCUT2D eigenvalue weighted by Crippen LogP contribution is -1.93. The van der Waals surface area contributed by atoms with Crippen LogP contribution in [-0.2, 0) is 4.79 Å². The van der Waals surface area contributed by atoms with Crippen LogP contribution in [0.5, 0.6) is 0 Å². The Labute approximate surface area is 132 Å². The zero-order chi connectivity index (χ0) is 15.8. The van der Waals surface area contributed by atoms with Gasteiger partial charge in [0.1, 0.15) is 0 Å². The Kier molecular flexibility index (Phi) is 15.0. The summed E-state index contributed by atoms with van der Waals surface area (Å²) in [6.45, 7) is 4.53. The summed E-state index contributed by atoms with van der Waals surface area (Å²) >= 11 is 0. The van der Waals surface area contributed by atoms with Crippen LogP contribution in [-0.4, -0.2) is 11.1 Å². The molecule has 21 heavy (non-hydrogen) atoms. The molecule has 0 bridgehead atoms. The molecule has 0 rings (SSSR count). The van der Waals surface area contributed by atoms with Crippen molar-refractivity contribution in [1.82, 2.24) is 0 Å². The molecule has 0 aliphatic rings. The molecule has 2 nitrogen and oxygen atoms in total. The highest BCUT2D eigenvalue weighted by molar-refractivity contribution is 5.66. The fraction of sp³-hybridized carbons (Fsp3) is 0.842. The molecule has 124 valence electrons. The van der Waals surface area contributed by atoms with E-state index >= 15 is 0 Å². The van der Waals surface area contributed by atoms with E-state index in [1.54, 1.807) is 5.57 Å². The minimum absolute atomic E-state index is 0.331. The van der Waals surface area contributed by atoms with Crippen LogP contribution in [0.25, 0.3) is 0 Å². The Morgan fingerprint density at radius 3 is 1.95 bits per heavy atom. The molecule has 1 N–H and O–H groups in total. The normalized spacial score (nSPS) is 11.8.